The summed E-state index contributed by atoms with van der Waals surface area (Å²) < 4.78 is 78.9. The second kappa shape index (κ2) is 11.1. The Labute approximate surface area is 249 Å². The van der Waals surface area contributed by atoms with Gasteiger partial charge in [-0.3, -0.25) is 4.98 Å². The first kappa shape index (κ1) is 30.2. The number of sulfone groups is 2. The van der Waals surface area contributed by atoms with Crippen LogP contribution in [-0.2, 0) is 24.4 Å². The van der Waals surface area contributed by atoms with Crippen molar-refractivity contribution in [2.24, 2.45) is 0 Å². The third-order valence-corrected chi connectivity index (χ3v) is 10.7. The monoisotopic (exact) mass is 622 g/mol. The van der Waals surface area contributed by atoms with Gasteiger partial charge in [0.05, 0.1) is 20.9 Å². The number of ether oxygens (including phenoxy) is 1. The maximum atomic E-state index is 13.0. The maximum Gasteiger partial charge on any atom is 0.388 e. The second-order valence-corrected chi connectivity index (χ2v) is 15.3. The third kappa shape index (κ3) is 6.14. The van der Waals surface area contributed by atoms with E-state index in [0.717, 1.165) is 22.8 Å². The average Bonchev–Trinajstić information content (AvgIpc) is 2.95. The van der Waals surface area contributed by atoms with Crippen LogP contribution in [0.15, 0.2) is 96.0 Å². The summed E-state index contributed by atoms with van der Waals surface area (Å²) in [6.45, 7) is 0.248. The van der Waals surface area contributed by atoms with E-state index in [1.807, 2.05) is 42.5 Å². The van der Waals surface area contributed by atoms with E-state index in [1.54, 1.807) is 44.3 Å². The number of benzene rings is 3. The van der Waals surface area contributed by atoms with Crippen LogP contribution in [0.4, 0.5) is 8.78 Å². The van der Waals surface area contributed by atoms with Crippen LogP contribution in [0.5, 0.6) is 5.88 Å². The van der Waals surface area contributed by atoms with Crippen LogP contribution < -0.4 is 4.74 Å². The van der Waals surface area contributed by atoms with E-state index in [1.165, 1.54) is 24.5 Å². The third-order valence-electron chi connectivity index (χ3n) is 7.45. The van der Waals surface area contributed by atoms with Crippen molar-refractivity contribution < 1.29 is 30.4 Å². The number of hydrogen-bond acceptors (Lipinski definition) is 7. The number of aromatic nitrogens is 2. The topological polar surface area (TPSA) is 103 Å². The van der Waals surface area contributed by atoms with E-state index in [4.69, 9.17) is 0 Å². The molecule has 3 aromatic carbocycles. The molecule has 0 radical (unpaired) electrons. The van der Waals surface area contributed by atoms with E-state index >= 15 is 0 Å². The zero-order valence-electron chi connectivity index (χ0n) is 23.7. The molecule has 0 aliphatic carbocycles. The number of fused-ring (bicyclic) bond motifs is 1. The van der Waals surface area contributed by atoms with Crippen LogP contribution in [0.2, 0.25) is 0 Å². The first-order chi connectivity index (χ1) is 20.1. The van der Waals surface area contributed by atoms with E-state index in [0.29, 0.717) is 33.5 Å². The average molecular weight is 623 g/mol. The van der Waals surface area contributed by atoms with Gasteiger partial charge in [-0.25, -0.2) is 21.8 Å². The standard InChI is InChI=1S/C32H28F2N2O5S2/c1-32(2,43(4,39)40)24-18-23-9-6-16-35-29(23)27(19-24)22-8-5-7-21(17-22)26-14-15-28(41-31(33)34)36-30(26)20-10-12-25(13-11-20)42(3,37)38/h5-19,31H,1-4H3. The van der Waals surface area contributed by atoms with Gasteiger partial charge < -0.3 is 4.74 Å². The quantitative estimate of drug-likeness (QED) is 0.185. The van der Waals surface area contributed by atoms with Gasteiger partial charge in [0.2, 0.25) is 5.88 Å². The van der Waals surface area contributed by atoms with Crippen molar-refractivity contribution in [1.82, 2.24) is 9.97 Å². The molecule has 0 fully saturated rings. The number of halogens is 2. The lowest BCUT2D eigenvalue weighted by molar-refractivity contribution is -0.0527. The second-order valence-electron chi connectivity index (χ2n) is 10.7. The zero-order valence-corrected chi connectivity index (χ0v) is 25.4. The summed E-state index contributed by atoms with van der Waals surface area (Å²) in [5.74, 6) is -0.289. The van der Waals surface area contributed by atoms with Crippen molar-refractivity contribution in [2.45, 2.75) is 30.1 Å². The highest BCUT2D eigenvalue weighted by Gasteiger charge is 2.33. The summed E-state index contributed by atoms with van der Waals surface area (Å²) in [6.07, 6.45) is 3.97. The number of hydrogen-bond donors (Lipinski definition) is 0. The van der Waals surface area contributed by atoms with Crippen LogP contribution >= 0.6 is 0 Å². The van der Waals surface area contributed by atoms with E-state index < -0.39 is 31.0 Å². The minimum atomic E-state index is -3.47. The van der Waals surface area contributed by atoms with Crippen LogP contribution in [0, 0.1) is 0 Å². The normalized spacial score (nSPS) is 12.5. The smallest absolute Gasteiger partial charge is 0.388 e. The van der Waals surface area contributed by atoms with Crippen molar-refractivity contribution in [1.29, 1.82) is 0 Å². The molecule has 0 amide bonds. The summed E-state index contributed by atoms with van der Waals surface area (Å²) in [5, 5.41) is 0.777. The minimum absolute atomic E-state index is 0.107. The first-order valence-corrected chi connectivity index (χ1v) is 16.9. The molecular weight excluding hydrogens is 594 g/mol. The Balaban J connectivity index is 1.70. The van der Waals surface area contributed by atoms with Crippen molar-refractivity contribution >= 4 is 30.6 Å². The van der Waals surface area contributed by atoms with Gasteiger partial charge in [0.1, 0.15) is 0 Å². The number of pyridine rings is 2. The Morgan fingerprint density at radius 3 is 2.07 bits per heavy atom. The Kier molecular flexibility index (Phi) is 7.82. The van der Waals surface area contributed by atoms with Crippen LogP contribution in [0.3, 0.4) is 0 Å². The van der Waals surface area contributed by atoms with Crippen molar-refractivity contribution in [3.05, 3.63) is 96.7 Å². The summed E-state index contributed by atoms with van der Waals surface area (Å²) in [5.41, 5.74) is 4.84. The van der Waals surface area contributed by atoms with E-state index in [2.05, 4.69) is 14.7 Å². The van der Waals surface area contributed by atoms with Crippen molar-refractivity contribution in [3.8, 4) is 39.4 Å². The Morgan fingerprint density at radius 2 is 1.44 bits per heavy atom. The molecule has 0 atom stereocenters. The number of nitrogens with zero attached hydrogens (tertiary/aromatic N) is 2. The SMILES string of the molecule is CC(C)(c1cc(-c2cccc(-c3ccc(OC(F)F)nc3-c3ccc(S(C)(=O)=O)cc3)c2)c2ncccc2c1)S(C)(=O)=O. The summed E-state index contributed by atoms with van der Waals surface area (Å²) >= 11 is 0. The lowest BCUT2D eigenvalue weighted by Gasteiger charge is -2.24. The molecule has 222 valence electrons. The molecule has 0 unspecified atom stereocenters. The van der Waals surface area contributed by atoms with Gasteiger partial charge in [0.25, 0.3) is 0 Å². The van der Waals surface area contributed by atoms with Crippen molar-refractivity contribution in [3.63, 3.8) is 0 Å². The molecule has 2 heterocycles. The van der Waals surface area contributed by atoms with Gasteiger partial charge in [0.15, 0.2) is 19.7 Å². The Bertz CT molecular complexity index is 2060. The van der Waals surface area contributed by atoms with Gasteiger partial charge in [-0.05, 0) is 73.0 Å². The highest BCUT2D eigenvalue weighted by atomic mass is 32.2. The molecule has 0 N–H and O–H groups in total. The fraction of sp³-hybridized carbons (Fsp3) is 0.188. The number of alkyl halides is 2. The molecule has 2 aromatic heterocycles. The molecule has 7 nitrogen and oxygen atoms in total. The molecule has 0 aliphatic heterocycles. The van der Waals surface area contributed by atoms with Gasteiger partial charge in [-0.15, -0.1) is 0 Å². The zero-order chi connectivity index (χ0) is 31.2. The van der Waals surface area contributed by atoms with Crippen molar-refractivity contribution in [2.75, 3.05) is 12.5 Å². The van der Waals surface area contributed by atoms with Gasteiger partial charge in [0, 0.05) is 46.9 Å². The van der Waals surface area contributed by atoms with E-state index in [-0.39, 0.29) is 10.8 Å². The summed E-state index contributed by atoms with van der Waals surface area (Å²) in [7, 11) is -6.92. The molecule has 43 heavy (non-hydrogen) atoms. The lowest BCUT2D eigenvalue weighted by atomic mass is 9.91. The first-order valence-electron chi connectivity index (χ1n) is 13.1. The predicted molar refractivity (Wildman–Crippen MR) is 163 cm³/mol. The predicted octanol–water partition coefficient (Wildman–Crippen LogP) is 6.92. The summed E-state index contributed by atoms with van der Waals surface area (Å²) in [6, 6.07) is 23.7. The summed E-state index contributed by atoms with van der Waals surface area (Å²) in [4.78, 5) is 9.03. The van der Waals surface area contributed by atoms with Crippen LogP contribution in [0.1, 0.15) is 19.4 Å². The molecule has 5 rings (SSSR count). The van der Waals surface area contributed by atoms with Gasteiger partial charge in [-0.2, -0.15) is 8.78 Å². The molecule has 11 heteroatoms. The Hall–Kier alpha value is -4.22. The minimum Gasteiger partial charge on any atom is -0.417 e. The molecule has 0 bridgehead atoms. The van der Waals surface area contributed by atoms with Crippen LogP contribution in [0.25, 0.3) is 44.4 Å². The molecular formula is C32H28F2N2O5S2. The molecule has 0 saturated heterocycles. The fourth-order valence-electron chi connectivity index (χ4n) is 4.74. The molecule has 0 aliphatic rings. The number of rotatable bonds is 8. The molecule has 5 aromatic rings. The van der Waals surface area contributed by atoms with Crippen LogP contribution in [-0.4, -0.2) is 45.9 Å². The highest BCUT2D eigenvalue weighted by Crippen LogP contribution is 2.39. The molecule has 0 spiro atoms. The molecule has 0 saturated carbocycles. The highest BCUT2D eigenvalue weighted by molar-refractivity contribution is 7.91. The van der Waals surface area contributed by atoms with E-state index in [9.17, 15) is 25.6 Å². The van der Waals surface area contributed by atoms with Gasteiger partial charge in [-0.1, -0.05) is 36.4 Å². The maximum absolute atomic E-state index is 13.0. The lowest BCUT2D eigenvalue weighted by Crippen LogP contribution is -2.28. The Morgan fingerprint density at radius 1 is 0.767 bits per heavy atom. The van der Waals surface area contributed by atoms with Gasteiger partial charge >= 0.3 is 6.61 Å². The fourth-order valence-corrected chi connectivity index (χ4v) is 5.92. The largest absolute Gasteiger partial charge is 0.417 e.